The van der Waals surface area contributed by atoms with Crippen molar-refractivity contribution in [2.24, 2.45) is 0 Å². The van der Waals surface area contributed by atoms with Gasteiger partial charge in [0.05, 0.1) is 31.2 Å². The second-order valence-electron chi connectivity index (χ2n) is 2.23. The fourth-order valence-corrected chi connectivity index (χ4v) is 1.90. The monoisotopic (exact) mass is 281 g/mol. The van der Waals surface area contributed by atoms with Crippen molar-refractivity contribution in [2.75, 3.05) is 0 Å². The van der Waals surface area contributed by atoms with E-state index in [1.54, 1.807) is 12.1 Å². The lowest BCUT2D eigenvalue weighted by Crippen LogP contribution is -1.89. The van der Waals surface area contributed by atoms with Crippen LogP contribution in [0.1, 0.15) is 11.1 Å². The van der Waals surface area contributed by atoms with Crippen molar-refractivity contribution in [2.45, 2.75) is 0 Å². The minimum absolute atomic E-state index is 0. The van der Waals surface area contributed by atoms with E-state index in [0.717, 1.165) is 0 Å². The quantitative estimate of drug-likeness (QED) is 0.572. The van der Waals surface area contributed by atoms with Gasteiger partial charge in [-0.2, -0.15) is 10.5 Å². The highest BCUT2D eigenvalue weighted by molar-refractivity contribution is 6.50. The zero-order valence-corrected chi connectivity index (χ0v) is 10.1. The first-order valence-electron chi connectivity index (χ1n) is 3.20. The molecule has 0 atom stereocenters. The normalized spacial score (nSPS) is 8.67. The van der Waals surface area contributed by atoms with E-state index in [2.05, 4.69) is 0 Å². The molecule has 1 aromatic rings. The van der Waals surface area contributed by atoms with Gasteiger partial charge in [-0.3, -0.25) is 0 Å². The van der Waals surface area contributed by atoms with Crippen molar-refractivity contribution in [1.82, 2.24) is 6.15 Å². The molecule has 7 heteroatoms. The molecule has 1 rings (SSSR count). The van der Waals surface area contributed by atoms with Crippen molar-refractivity contribution >= 4 is 46.4 Å². The third-order valence-corrected chi connectivity index (χ3v) is 3.19. The molecule has 0 radical (unpaired) electrons. The molecule has 15 heavy (non-hydrogen) atoms. The van der Waals surface area contributed by atoms with Gasteiger partial charge >= 0.3 is 0 Å². The minimum atomic E-state index is -0.0746. The van der Waals surface area contributed by atoms with Gasteiger partial charge in [-0.05, 0) is 0 Å². The first kappa shape index (κ1) is 14.3. The van der Waals surface area contributed by atoms with Gasteiger partial charge in [0.25, 0.3) is 0 Å². The lowest BCUT2D eigenvalue weighted by atomic mass is 10.1. The van der Waals surface area contributed by atoms with Gasteiger partial charge in [0.2, 0.25) is 0 Å². The third kappa shape index (κ3) is 2.29. The highest BCUT2D eigenvalue weighted by Crippen LogP contribution is 2.40. The molecule has 0 saturated carbocycles. The van der Waals surface area contributed by atoms with Crippen LogP contribution in [0.2, 0.25) is 20.1 Å². The number of rotatable bonds is 0. The van der Waals surface area contributed by atoms with Gasteiger partial charge in [-0.15, -0.1) is 0 Å². The molecule has 78 valence electrons. The summed E-state index contributed by atoms with van der Waals surface area (Å²) in [5.41, 5.74) is -0.0847. The Kier molecular flexibility index (Phi) is 5.17. The molecular weight excluding hydrogens is 280 g/mol. The molecular formula is C8H3Cl4N3. The van der Waals surface area contributed by atoms with E-state index in [0.29, 0.717) is 0 Å². The highest BCUT2D eigenvalue weighted by atomic mass is 35.5. The Morgan fingerprint density at radius 3 is 1.27 bits per heavy atom. The van der Waals surface area contributed by atoms with E-state index in [1.165, 1.54) is 0 Å². The Balaban J connectivity index is 0.00000196. The van der Waals surface area contributed by atoms with Crippen LogP contribution in [0.3, 0.4) is 0 Å². The number of hydrogen-bond acceptors (Lipinski definition) is 3. The molecule has 0 aliphatic carbocycles. The maximum absolute atomic E-state index is 8.70. The average Bonchev–Trinajstić information content (AvgIpc) is 2.16. The summed E-state index contributed by atoms with van der Waals surface area (Å²) in [5.74, 6) is 0. The molecule has 0 aromatic heterocycles. The van der Waals surface area contributed by atoms with Crippen LogP contribution < -0.4 is 6.15 Å². The maximum Gasteiger partial charge on any atom is 0.102 e. The second kappa shape index (κ2) is 5.42. The van der Waals surface area contributed by atoms with Crippen molar-refractivity contribution in [3.63, 3.8) is 0 Å². The molecule has 0 bridgehead atoms. The predicted octanol–water partition coefficient (Wildman–Crippen LogP) is 4.21. The third-order valence-electron chi connectivity index (χ3n) is 1.49. The zero-order valence-electron chi connectivity index (χ0n) is 7.11. The summed E-state index contributed by atoms with van der Waals surface area (Å²) in [5, 5.41) is 17.2. The first-order valence-corrected chi connectivity index (χ1v) is 4.72. The standard InChI is InChI=1S/C8Cl4N2.H3N/c9-5-3(1-13)6(10)8(12)7(11)4(5)2-14;/h;1H3. The summed E-state index contributed by atoms with van der Waals surface area (Å²) in [4.78, 5) is 0. The Labute approximate surface area is 106 Å². The van der Waals surface area contributed by atoms with E-state index >= 15 is 0 Å². The topological polar surface area (TPSA) is 82.6 Å². The van der Waals surface area contributed by atoms with Gasteiger partial charge in [-0.25, -0.2) is 0 Å². The average molecular weight is 283 g/mol. The van der Waals surface area contributed by atoms with Crippen LogP contribution in [0.4, 0.5) is 0 Å². The van der Waals surface area contributed by atoms with Crippen molar-refractivity contribution < 1.29 is 0 Å². The Morgan fingerprint density at radius 2 is 1.00 bits per heavy atom. The van der Waals surface area contributed by atoms with Crippen molar-refractivity contribution in [3.05, 3.63) is 31.2 Å². The molecule has 1 aromatic carbocycles. The number of benzene rings is 1. The fourth-order valence-electron chi connectivity index (χ4n) is 0.830. The molecule has 0 fully saturated rings. The first-order chi connectivity index (χ1) is 6.54. The molecule has 0 unspecified atom stereocenters. The summed E-state index contributed by atoms with van der Waals surface area (Å²) in [6, 6.07) is 3.50. The number of hydrogen-bond donors (Lipinski definition) is 1. The molecule has 0 aliphatic heterocycles. The van der Waals surface area contributed by atoms with E-state index in [4.69, 9.17) is 56.9 Å². The lowest BCUT2D eigenvalue weighted by molar-refractivity contribution is 1.45. The number of nitriles is 2. The number of halogens is 4. The summed E-state index contributed by atoms with van der Waals surface area (Å²) >= 11 is 22.8. The van der Waals surface area contributed by atoms with E-state index < -0.39 is 0 Å². The van der Waals surface area contributed by atoms with Crippen LogP contribution in [0.25, 0.3) is 0 Å². The minimum Gasteiger partial charge on any atom is -0.344 e. The van der Waals surface area contributed by atoms with Crippen LogP contribution in [0, 0.1) is 22.7 Å². The van der Waals surface area contributed by atoms with Gasteiger partial charge in [0.1, 0.15) is 12.1 Å². The van der Waals surface area contributed by atoms with Gasteiger partial charge < -0.3 is 6.15 Å². The summed E-state index contributed by atoms with van der Waals surface area (Å²) in [7, 11) is 0. The SMILES string of the molecule is N.N#Cc1c(Cl)c(Cl)c(Cl)c(C#N)c1Cl. The summed E-state index contributed by atoms with van der Waals surface area (Å²) in [6.45, 7) is 0. The Morgan fingerprint density at radius 1 is 0.667 bits per heavy atom. The van der Waals surface area contributed by atoms with E-state index in [-0.39, 0.29) is 37.4 Å². The lowest BCUT2D eigenvalue weighted by Gasteiger charge is -2.05. The Hall–Kier alpha value is -0.680. The molecule has 0 spiro atoms. The molecule has 0 heterocycles. The van der Waals surface area contributed by atoms with Gasteiger partial charge in [0, 0.05) is 0 Å². The predicted molar refractivity (Wildman–Crippen MR) is 60.9 cm³/mol. The molecule has 0 aliphatic rings. The fraction of sp³-hybridized carbons (Fsp3) is 0. The van der Waals surface area contributed by atoms with Crippen LogP contribution in [0.5, 0.6) is 0 Å². The highest BCUT2D eigenvalue weighted by Gasteiger charge is 2.19. The number of nitrogens with zero attached hydrogens (tertiary/aromatic N) is 2. The molecule has 3 nitrogen and oxygen atoms in total. The van der Waals surface area contributed by atoms with E-state index in [9.17, 15) is 0 Å². The molecule has 0 saturated heterocycles. The van der Waals surface area contributed by atoms with Crippen LogP contribution in [0.15, 0.2) is 0 Å². The smallest absolute Gasteiger partial charge is 0.102 e. The molecule has 3 N–H and O–H groups in total. The summed E-state index contributed by atoms with van der Waals surface area (Å²) in [6.07, 6.45) is 0. The zero-order chi connectivity index (χ0) is 10.9. The van der Waals surface area contributed by atoms with E-state index in [1.807, 2.05) is 0 Å². The maximum atomic E-state index is 8.70. The van der Waals surface area contributed by atoms with Crippen LogP contribution >= 0.6 is 46.4 Å². The van der Waals surface area contributed by atoms with Gasteiger partial charge in [-0.1, -0.05) is 46.4 Å². The Bertz CT molecular complexity index is 443. The largest absolute Gasteiger partial charge is 0.344 e. The molecule has 0 amide bonds. The van der Waals surface area contributed by atoms with Crippen molar-refractivity contribution in [3.8, 4) is 12.1 Å². The van der Waals surface area contributed by atoms with Crippen molar-refractivity contribution in [1.29, 1.82) is 10.5 Å². The van der Waals surface area contributed by atoms with Crippen LogP contribution in [-0.4, -0.2) is 0 Å². The second-order valence-corrected chi connectivity index (χ2v) is 3.74. The van der Waals surface area contributed by atoms with Crippen LogP contribution in [-0.2, 0) is 0 Å². The van der Waals surface area contributed by atoms with Gasteiger partial charge in [0.15, 0.2) is 0 Å². The summed E-state index contributed by atoms with van der Waals surface area (Å²) < 4.78 is 0.